The Hall–Kier alpha value is -5.90. The molecule has 1 aliphatic heterocycles. The molecule has 0 fully saturated rings. The highest BCUT2D eigenvalue weighted by Gasteiger charge is 2.38. The number of fused-ring (bicyclic) bond motifs is 4. The number of ether oxygens (including phenoxy) is 3. The number of carbonyl (C=O) groups is 4. The number of carboxylic acids is 1. The lowest BCUT2D eigenvalue weighted by molar-refractivity contribution is -0.193. The summed E-state index contributed by atoms with van der Waals surface area (Å²) in [7, 11) is 2.98. The highest BCUT2D eigenvalue weighted by atomic mass is 16.5. The van der Waals surface area contributed by atoms with E-state index in [1.807, 2.05) is 26.0 Å². The van der Waals surface area contributed by atoms with Gasteiger partial charge < -0.3 is 24.4 Å². The highest BCUT2D eigenvalue weighted by molar-refractivity contribution is 6.26. The van der Waals surface area contributed by atoms with Gasteiger partial charge >= 0.3 is 24.2 Å². The minimum atomic E-state index is -1.02. The predicted molar refractivity (Wildman–Crippen MR) is 161 cm³/mol. The summed E-state index contributed by atoms with van der Waals surface area (Å²) < 4.78 is 15.8. The molecule has 1 aliphatic carbocycles. The normalized spacial score (nSPS) is 13.9. The molecule has 13 heteroatoms. The maximum absolute atomic E-state index is 12.6. The number of ketones is 2. The van der Waals surface area contributed by atoms with E-state index in [9.17, 15) is 24.3 Å². The SMILES string of the molecule is COc1cccc2c1C(=O)C=C(C(C)(C)CC(=O)O)C2=O.COc1cccc2c3c(cc(O)c12)C(C)(C)CC(=O)O3.O=C=O.O=C=O. The summed E-state index contributed by atoms with van der Waals surface area (Å²) in [5.74, 6) is -0.361. The number of phenols is 1. The molecular weight excluding hydrogens is 616 g/mol. The molecule has 0 unspecified atom stereocenters. The van der Waals surface area contributed by atoms with Crippen molar-refractivity contribution >= 4 is 46.6 Å². The first kappa shape index (κ1) is 37.3. The molecule has 0 atom stereocenters. The van der Waals surface area contributed by atoms with Crippen LogP contribution >= 0.6 is 0 Å². The van der Waals surface area contributed by atoms with Gasteiger partial charge in [-0.3, -0.25) is 19.2 Å². The Labute approximate surface area is 268 Å². The first-order chi connectivity index (χ1) is 22.0. The minimum Gasteiger partial charge on any atom is -0.507 e. The molecular formula is C34H32O13. The molecule has 3 aromatic rings. The topological polar surface area (TPSA) is 205 Å². The van der Waals surface area contributed by atoms with Crippen LogP contribution in [-0.4, -0.2) is 60.2 Å². The average molecular weight is 649 g/mol. The van der Waals surface area contributed by atoms with E-state index in [1.165, 1.54) is 13.2 Å². The van der Waals surface area contributed by atoms with Crippen molar-refractivity contribution < 1.29 is 62.8 Å². The van der Waals surface area contributed by atoms with Crippen molar-refractivity contribution in [2.75, 3.05) is 14.2 Å². The van der Waals surface area contributed by atoms with Gasteiger partial charge in [0.15, 0.2) is 11.6 Å². The van der Waals surface area contributed by atoms with Gasteiger partial charge in [0.1, 0.15) is 23.0 Å². The molecule has 1 heterocycles. The maximum Gasteiger partial charge on any atom is 0.373 e. The standard InChI is InChI=1S/C16H16O5.C16H16O4.2CO2/c1-16(2,8-13(18)19)10-7-11(17)14-9(15(10)20)5-4-6-12(14)21-3;1-16(2)8-13(18)20-15-9-5-4-6-12(19-3)14(9)11(17)7-10(15)16;2*2-1-3/h4-7H,8H2,1-3H3,(H,18,19);4-7,17H,8H2,1-3H3;;. The Kier molecular flexibility index (Phi) is 12.2. The fourth-order valence-electron chi connectivity index (χ4n) is 5.33. The number of benzene rings is 3. The molecule has 0 saturated carbocycles. The predicted octanol–water partition coefficient (Wildman–Crippen LogP) is 4.48. The number of aromatic hydroxyl groups is 1. The van der Waals surface area contributed by atoms with Gasteiger partial charge in [0.05, 0.1) is 38.0 Å². The molecule has 0 radical (unpaired) electrons. The van der Waals surface area contributed by atoms with Crippen molar-refractivity contribution in [3.63, 3.8) is 0 Å². The number of carboxylic acid groups (broad SMARTS) is 1. The number of aliphatic carboxylic acids is 1. The zero-order valence-electron chi connectivity index (χ0n) is 26.4. The summed E-state index contributed by atoms with van der Waals surface area (Å²) in [5, 5.41) is 20.5. The number of methoxy groups -OCH3 is 2. The summed E-state index contributed by atoms with van der Waals surface area (Å²) in [6, 6.07) is 11.9. The molecule has 5 rings (SSSR count). The average Bonchev–Trinajstić information content (AvgIpc) is 2.99. The quantitative estimate of drug-likeness (QED) is 0.290. The van der Waals surface area contributed by atoms with Crippen molar-refractivity contribution in [2.24, 2.45) is 5.41 Å². The molecule has 0 saturated heterocycles. The van der Waals surface area contributed by atoms with Gasteiger partial charge in [-0.25, -0.2) is 0 Å². The second-order valence-electron chi connectivity index (χ2n) is 11.4. The Bertz CT molecular complexity index is 1810. The van der Waals surface area contributed by atoms with Crippen LogP contribution in [0.5, 0.6) is 23.0 Å². The van der Waals surface area contributed by atoms with Gasteiger partial charge in [-0.15, -0.1) is 0 Å². The fraction of sp³-hybridized carbons (Fsp3) is 0.294. The van der Waals surface area contributed by atoms with Gasteiger partial charge in [-0.2, -0.15) is 19.2 Å². The minimum absolute atomic E-state index is 0.141. The van der Waals surface area contributed by atoms with E-state index < -0.39 is 11.4 Å². The second kappa shape index (κ2) is 15.4. The molecule has 0 amide bonds. The number of allylic oxidation sites excluding steroid dienone is 2. The van der Waals surface area contributed by atoms with Gasteiger partial charge in [-0.1, -0.05) is 52.0 Å². The van der Waals surface area contributed by atoms with Crippen LogP contribution in [0.25, 0.3) is 10.8 Å². The van der Waals surface area contributed by atoms with E-state index in [0.29, 0.717) is 34.4 Å². The first-order valence-electron chi connectivity index (χ1n) is 13.8. The summed E-state index contributed by atoms with van der Waals surface area (Å²) in [6.07, 6.45) is 1.81. The zero-order valence-corrected chi connectivity index (χ0v) is 26.4. The summed E-state index contributed by atoms with van der Waals surface area (Å²) in [4.78, 5) is 80.1. The molecule has 0 bridgehead atoms. The molecule has 246 valence electrons. The lowest BCUT2D eigenvalue weighted by atomic mass is 9.73. The summed E-state index contributed by atoms with van der Waals surface area (Å²) >= 11 is 0. The number of Topliss-reactive ketones (excluding diaryl/α,β-unsaturated/α-hetero) is 1. The van der Waals surface area contributed by atoms with Crippen LogP contribution in [0, 0.1) is 5.41 Å². The Morgan fingerprint density at radius 2 is 1.51 bits per heavy atom. The zero-order chi connectivity index (χ0) is 35.7. The van der Waals surface area contributed by atoms with Crippen LogP contribution in [0.2, 0.25) is 0 Å². The molecule has 3 aromatic carbocycles. The molecule has 13 nitrogen and oxygen atoms in total. The van der Waals surface area contributed by atoms with Crippen molar-refractivity contribution in [3.05, 3.63) is 70.8 Å². The number of phenolic OH excluding ortho intramolecular Hbond substituents is 1. The van der Waals surface area contributed by atoms with Crippen LogP contribution in [0.15, 0.2) is 54.1 Å². The lowest BCUT2D eigenvalue weighted by Gasteiger charge is -2.32. The number of esters is 1. The largest absolute Gasteiger partial charge is 0.507 e. The maximum atomic E-state index is 12.6. The molecule has 2 aliphatic rings. The third-order valence-electron chi connectivity index (χ3n) is 7.38. The van der Waals surface area contributed by atoms with E-state index in [1.54, 1.807) is 51.3 Å². The van der Waals surface area contributed by atoms with Gasteiger partial charge in [-0.05, 0) is 24.3 Å². The summed E-state index contributed by atoms with van der Waals surface area (Å²) in [6.45, 7) is 7.22. The number of carbonyl (C=O) groups excluding carboxylic acids is 7. The van der Waals surface area contributed by atoms with E-state index >= 15 is 0 Å². The number of rotatable bonds is 5. The Morgan fingerprint density at radius 3 is 2.06 bits per heavy atom. The van der Waals surface area contributed by atoms with Crippen molar-refractivity contribution in [1.29, 1.82) is 0 Å². The number of hydrogen-bond donors (Lipinski definition) is 2. The van der Waals surface area contributed by atoms with E-state index in [0.717, 1.165) is 5.56 Å². The Morgan fingerprint density at radius 1 is 0.957 bits per heavy atom. The van der Waals surface area contributed by atoms with Gasteiger partial charge in [0.2, 0.25) is 0 Å². The third-order valence-corrected chi connectivity index (χ3v) is 7.38. The van der Waals surface area contributed by atoms with Gasteiger partial charge in [0, 0.05) is 32.9 Å². The van der Waals surface area contributed by atoms with Crippen LogP contribution in [0.1, 0.15) is 66.8 Å². The van der Waals surface area contributed by atoms with Crippen molar-refractivity contribution in [3.8, 4) is 23.0 Å². The van der Waals surface area contributed by atoms with Crippen LogP contribution in [-0.2, 0) is 34.2 Å². The third kappa shape index (κ3) is 8.23. The van der Waals surface area contributed by atoms with Crippen molar-refractivity contribution in [1.82, 2.24) is 0 Å². The van der Waals surface area contributed by atoms with E-state index in [2.05, 4.69) is 0 Å². The molecule has 0 spiro atoms. The lowest BCUT2D eigenvalue weighted by Crippen LogP contribution is -2.30. The van der Waals surface area contributed by atoms with Crippen LogP contribution in [0.4, 0.5) is 0 Å². The van der Waals surface area contributed by atoms with E-state index in [-0.39, 0.29) is 64.1 Å². The van der Waals surface area contributed by atoms with Gasteiger partial charge in [0.25, 0.3) is 0 Å². The number of hydrogen-bond acceptors (Lipinski definition) is 12. The smallest absolute Gasteiger partial charge is 0.373 e. The van der Waals surface area contributed by atoms with Crippen molar-refractivity contribution in [2.45, 2.75) is 46.0 Å². The summed E-state index contributed by atoms with van der Waals surface area (Å²) in [5.41, 5.74) is 0.278. The molecule has 0 aromatic heterocycles. The molecule has 47 heavy (non-hydrogen) atoms. The first-order valence-corrected chi connectivity index (χ1v) is 13.8. The molecule has 2 N–H and O–H groups in total. The highest BCUT2D eigenvalue weighted by Crippen LogP contribution is 2.48. The second-order valence-corrected chi connectivity index (χ2v) is 11.4. The fourth-order valence-corrected chi connectivity index (χ4v) is 5.33. The monoisotopic (exact) mass is 648 g/mol. The van der Waals surface area contributed by atoms with E-state index in [4.69, 9.17) is 38.5 Å². The Balaban J connectivity index is 0.000000280. The van der Waals surface area contributed by atoms with Crippen LogP contribution in [0.3, 0.4) is 0 Å². The van der Waals surface area contributed by atoms with Crippen LogP contribution < -0.4 is 14.2 Å².